The van der Waals surface area contributed by atoms with Gasteiger partial charge in [-0.2, -0.15) is 0 Å². The summed E-state index contributed by atoms with van der Waals surface area (Å²) in [5, 5.41) is 0. The highest BCUT2D eigenvalue weighted by Crippen LogP contribution is 2.38. The van der Waals surface area contributed by atoms with E-state index >= 15 is 0 Å². The van der Waals surface area contributed by atoms with Crippen molar-refractivity contribution in [2.45, 2.75) is 38.6 Å². The average Bonchev–Trinajstić information content (AvgIpc) is 2.43. The van der Waals surface area contributed by atoms with Crippen LogP contribution < -0.4 is 20.7 Å². The Labute approximate surface area is 108 Å². The molecule has 0 aromatic heterocycles. The maximum Gasteiger partial charge on any atom is 0.166 e. The van der Waals surface area contributed by atoms with Crippen LogP contribution in [0.2, 0.25) is 0 Å². The van der Waals surface area contributed by atoms with Crippen molar-refractivity contribution < 1.29 is 9.47 Å². The third-order valence-electron chi connectivity index (χ3n) is 3.27. The summed E-state index contributed by atoms with van der Waals surface area (Å²) in [5.74, 6) is 7.35. The van der Waals surface area contributed by atoms with Gasteiger partial charge in [0.15, 0.2) is 11.5 Å². The molecule has 3 N–H and O–H groups in total. The molecule has 0 saturated heterocycles. The molecule has 100 valence electrons. The van der Waals surface area contributed by atoms with Crippen molar-refractivity contribution in [1.82, 2.24) is 5.43 Å². The number of para-hydroxylation sites is 1. The Morgan fingerprint density at radius 3 is 2.89 bits per heavy atom. The van der Waals surface area contributed by atoms with Crippen molar-refractivity contribution in [3.63, 3.8) is 0 Å². The third-order valence-corrected chi connectivity index (χ3v) is 3.27. The first-order chi connectivity index (χ1) is 8.86. The van der Waals surface area contributed by atoms with E-state index in [1.54, 1.807) is 0 Å². The number of hydrogen-bond donors (Lipinski definition) is 2. The van der Waals surface area contributed by atoms with E-state index in [1.165, 1.54) is 12.8 Å². The summed E-state index contributed by atoms with van der Waals surface area (Å²) in [6.07, 6.45) is 4.62. The van der Waals surface area contributed by atoms with E-state index in [2.05, 4.69) is 18.4 Å². The summed E-state index contributed by atoms with van der Waals surface area (Å²) in [6.45, 7) is 3.43. The van der Waals surface area contributed by atoms with Gasteiger partial charge in [0.25, 0.3) is 0 Å². The van der Waals surface area contributed by atoms with Crippen molar-refractivity contribution in [2.75, 3.05) is 13.2 Å². The second-order valence-electron chi connectivity index (χ2n) is 4.59. The van der Waals surface area contributed by atoms with Crippen LogP contribution in [0.3, 0.4) is 0 Å². The lowest BCUT2D eigenvalue weighted by Gasteiger charge is -2.25. The number of fused-ring (bicyclic) bond motifs is 1. The summed E-state index contributed by atoms with van der Waals surface area (Å²) >= 11 is 0. The molecule has 0 amide bonds. The summed E-state index contributed by atoms with van der Waals surface area (Å²) in [7, 11) is 0. The SMILES string of the molecule is CCCCCC(NN)c1cccc2c1OCCO2. The van der Waals surface area contributed by atoms with Crippen LogP contribution in [0.5, 0.6) is 11.5 Å². The van der Waals surface area contributed by atoms with Gasteiger partial charge in [-0.1, -0.05) is 38.3 Å². The highest BCUT2D eigenvalue weighted by molar-refractivity contribution is 5.48. The molecule has 4 heteroatoms. The summed E-state index contributed by atoms with van der Waals surface area (Å²) in [4.78, 5) is 0. The Morgan fingerprint density at radius 1 is 1.28 bits per heavy atom. The molecule has 0 bridgehead atoms. The van der Waals surface area contributed by atoms with Crippen molar-refractivity contribution in [1.29, 1.82) is 0 Å². The molecular formula is C14H22N2O2. The van der Waals surface area contributed by atoms with Crippen LogP contribution in [0.15, 0.2) is 18.2 Å². The smallest absolute Gasteiger partial charge is 0.166 e. The normalized spacial score (nSPS) is 15.4. The van der Waals surface area contributed by atoms with Gasteiger partial charge < -0.3 is 9.47 Å². The lowest BCUT2D eigenvalue weighted by molar-refractivity contribution is 0.168. The van der Waals surface area contributed by atoms with Crippen LogP contribution in [-0.2, 0) is 0 Å². The van der Waals surface area contributed by atoms with Crippen LogP contribution in [0.1, 0.15) is 44.2 Å². The van der Waals surface area contributed by atoms with Crippen molar-refractivity contribution in [2.24, 2.45) is 5.84 Å². The number of rotatable bonds is 6. The second-order valence-corrected chi connectivity index (χ2v) is 4.59. The second kappa shape index (κ2) is 6.61. The van der Waals surface area contributed by atoms with Crippen LogP contribution in [0, 0.1) is 0 Å². The first-order valence-electron chi connectivity index (χ1n) is 6.71. The molecule has 0 spiro atoms. The molecule has 18 heavy (non-hydrogen) atoms. The largest absolute Gasteiger partial charge is 0.486 e. The van der Waals surface area contributed by atoms with E-state index in [0.29, 0.717) is 13.2 Å². The van der Waals surface area contributed by atoms with Crippen molar-refractivity contribution in [3.05, 3.63) is 23.8 Å². The Kier molecular flexibility index (Phi) is 4.84. The van der Waals surface area contributed by atoms with E-state index in [1.807, 2.05) is 12.1 Å². The zero-order valence-corrected chi connectivity index (χ0v) is 10.9. The number of ether oxygens (including phenoxy) is 2. The van der Waals surface area contributed by atoms with Gasteiger partial charge in [0.05, 0.1) is 0 Å². The van der Waals surface area contributed by atoms with Gasteiger partial charge in [-0.05, 0) is 12.5 Å². The summed E-state index contributed by atoms with van der Waals surface area (Å²) in [6, 6.07) is 6.13. The molecule has 1 aromatic carbocycles. The molecule has 1 unspecified atom stereocenters. The summed E-state index contributed by atoms with van der Waals surface area (Å²) < 4.78 is 11.3. The highest BCUT2D eigenvalue weighted by atomic mass is 16.6. The van der Waals surface area contributed by atoms with Crippen LogP contribution in [-0.4, -0.2) is 13.2 Å². The Hall–Kier alpha value is -1.26. The molecule has 0 radical (unpaired) electrons. The monoisotopic (exact) mass is 250 g/mol. The lowest BCUT2D eigenvalue weighted by Crippen LogP contribution is -2.29. The predicted octanol–water partition coefficient (Wildman–Crippen LogP) is 2.54. The van der Waals surface area contributed by atoms with E-state index in [0.717, 1.165) is 29.9 Å². The summed E-state index contributed by atoms with van der Waals surface area (Å²) in [5.41, 5.74) is 3.99. The number of nitrogens with two attached hydrogens (primary N) is 1. The predicted molar refractivity (Wildman–Crippen MR) is 71.6 cm³/mol. The van der Waals surface area contributed by atoms with Crippen LogP contribution in [0.25, 0.3) is 0 Å². The molecule has 1 atom stereocenters. The fourth-order valence-corrected chi connectivity index (χ4v) is 2.30. The number of hydrogen-bond acceptors (Lipinski definition) is 4. The zero-order chi connectivity index (χ0) is 12.8. The number of hydrazine groups is 1. The maximum absolute atomic E-state index is 5.72. The molecule has 1 heterocycles. The molecular weight excluding hydrogens is 228 g/mol. The number of benzene rings is 1. The highest BCUT2D eigenvalue weighted by Gasteiger charge is 2.20. The van der Waals surface area contributed by atoms with Gasteiger partial charge >= 0.3 is 0 Å². The number of unbranched alkanes of at least 4 members (excludes halogenated alkanes) is 2. The van der Waals surface area contributed by atoms with Gasteiger partial charge in [0.1, 0.15) is 13.2 Å². The maximum atomic E-state index is 5.72. The molecule has 1 aliphatic rings. The average molecular weight is 250 g/mol. The zero-order valence-electron chi connectivity index (χ0n) is 10.9. The van der Waals surface area contributed by atoms with E-state index in [9.17, 15) is 0 Å². The molecule has 1 aromatic rings. The Bertz CT molecular complexity index is 382. The fraction of sp³-hybridized carbons (Fsp3) is 0.571. The molecule has 0 aliphatic carbocycles. The van der Waals surface area contributed by atoms with E-state index < -0.39 is 0 Å². The molecule has 4 nitrogen and oxygen atoms in total. The van der Waals surface area contributed by atoms with Crippen LogP contribution in [0.4, 0.5) is 0 Å². The minimum atomic E-state index is 0.133. The Morgan fingerprint density at radius 2 is 2.11 bits per heavy atom. The van der Waals surface area contributed by atoms with E-state index in [4.69, 9.17) is 15.3 Å². The molecule has 0 fully saturated rings. The first-order valence-corrected chi connectivity index (χ1v) is 6.71. The standard InChI is InChI=1S/C14H22N2O2/c1-2-3-4-7-12(16-15)11-6-5-8-13-14(11)18-10-9-17-13/h5-6,8,12,16H,2-4,7,9-10,15H2,1H3. The van der Waals surface area contributed by atoms with Crippen molar-refractivity contribution >= 4 is 0 Å². The Balaban J connectivity index is 2.14. The van der Waals surface area contributed by atoms with Gasteiger partial charge in [-0.25, -0.2) is 0 Å². The van der Waals surface area contributed by atoms with Gasteiger partial charge in [-0.15, -0.1) is 0 Å². The van der Waals surface area contributed by atoms with Crippen LogP contribution >= 0.6 is 0 Å². The molecule has 2 rings (SSSR count). The fourth-order valence-electron chi connectivity index (χ4n) is 2.30. The van der Waals surface area contributed by atoms with Crippen molar-refractivity contribution in [3.8, 4) is 11.5 Å². The first kappa shape index (κ1) is 13.2. The molecule has 0 saturated carbocycles. The number of nitrogens with one attached hydrogen (secondary N) is 1. The van der Waals surface area contributed by atoms with Gasteiger partial charge in [-0.3, -0.25) is 11.3 Å². The molecule has 1 aliphatic heterocycles. The topological polar surface area (TPSA) is 56.5 Å². The minimum Gasteiger partial charge on any atom is -0.486 e. The third kappa shape index (κ3) is 2.94. The van der Waals surface area contributed by atoms with E-state index in [-0.39, 0.29) is 6.04 Å². The minimum absolute atomic E-state index is 0.133. The van der Waals surface area contributed by atoms with Gasteiger partial charge in [0.2, 0.25) is 0 Å². The quantitative estimate of drug-likeness (QED) is 0.463. The lowest BCUT2D eigenvalue weighted by atomic mass is 9.99. The van der Waals surface area contributed by atoms with Gasteiger partial charge in [0, 0.05) is 11.6 Å².